The maximum absolute atomic E-state index is 11.2. The number of anilines is 2. The molecule has 1 aromatic rings. The molecule has 0 saturated carbocycles. The Bertz CT molecular complexity index is 410. The summed E-state index contributed by atoms with van der Waals surface area (Å²) in [6, 6.07) is 0. The first-order chi connectivity index (χ1) is 9.19. The number of hydrogen-bond acceptors (Lipinski definition) is 6. The molecule has 1 heterocycles. The van der Waals surface area contributed by atoms with E-state index in [1.54, 1.807) is 6.92 Å². The molecule has 1 rings (SSSR count). The van der Waals surface area contributed by atoms with Gasteiger partial charge in [0.2, 0.25) is 0 Å². The van der Waals surface area contributed by atoms with E-state index in [1.807, 2.05) is 6.92 Å². The lowest BCUT2D eigenvalue weighted by molar-refractivity contribution is -0.142. The molecule has 0 saturated heterocycles. The van der Waals surface area contributed by atoms with E-state index in [0.29, 0.717) is 19.6 Å². The third kappa shape index (κ3) is 5.11. The molecule has 6 heteroatoms. The predicted molar refractivity (Wildman–Crippen MR) is 75.3 cm³/mol. The van der Waals surface area contributed by atoms with Crippen molar-refractivity contribution in [3.05, 3.63) is 11.9 Å². The van der Waals surface area contributed by atoms with Crippen LogP contribution >= 0.6 is 0 Å². The van der Waals surface area contributed by atoms with Crippen LogP contribution in [0.2, 0.25) is 0 Å². The van der Waals surface area contributed by atoms with Gasteiger partial charge in [0.15, 0.2) is 0 Å². The Balaban J connectivity index is 2.51. The molecule has 0 aliphatic rings. The van der Waals surface area contributed by atoms with Gasteiger partial charge in [-0.1, -0.05) is 6.92 Å². The Hall–Kier alpha value is -1.85. The third-order valence-electron chi connectivity index (χ3n) is 2.55. The van der Waals surface area contributed by atoms with Crippen LogP contribution in [0.15, 0.2) is 6.33 Å². The van der Waals surface area contributed by atoms with E-state index >= 15 is 0 Å². The minimum atomic E-state index is -0.203. The van der Waals surface area contributed by atoms with Gasteiger partial charge in [-0.25, -0.2) is 9.97 Å². The number of rotatable bonds is 8. The van der Waals surface area contributed by atoms with Crippen LogP contribution in [0.3, 0.4) is 0 Å². The second-order valence-corrected chi connectivity index (χ2v) is 4.10. The Kier molecular flexibility index (Phi) is 6.63. The molecule has 0 radical (unpaired) electrons. The highest BCUT2D eigenvalue weighted by molar-refractivity contribution is 5.70. The van der Waals surface area contributed by atoms with Crippen molar-refractivity contribution in [2.75, 3.05) is 30.3 Å². The summed E-state index contributed by atoms with van der Waals surface area (Å²) in [6.07, 6.45) is 2.88. The van der Waals surface area contributed by atoms with Crippen LogP contribution < -0.4 is 10.6 Å². The molecule has 1 aromatic heterocycles. The number of ether oxygens (including phenoxy) is 1. The minimum Gasteiger partial charge on any atom is -0.466 e. The number of nitrogens with one attached hydrogen (secondary N) is 2. The molecule has 6 nitrogen and oxygen atoms in total. The predicted octanol–water partition coefficient (Wildman–Crippen LogP) is 1.97. The van der Waals surface area contributed by atoms with Gasteiger partial charge in [0.1, 0.15) is 18.0 Å². The van der Waals surface area contributed by atoms with Crippen LogP contribution in [-0.2, 0) is 9.53 Å². The van der Waals surface area contributed by atoms with Gasteiger partial charge in [0, 0.05) is 18.7 Å². The second-order valence-electron chi connectivity index (χ2n) is 4.10. The SMILES string of the molecule is CCCNc1ncnc(NCCC(=O)OCC)c1C. The summed E-state index contributed by atoms with van der Waals surface area (Å²) in [4.78, 5) is 19.6. The third-order valence-corrected chi connectivity index (χ3v) is 2.55. The summed E-state index contributed by atoms with van der Waals surface area (Å²) in [5, 5.41) is 6.37. The summed E-state index contributed by atoms with van der Waals surface area (Å²) in [5.74, 6) is 1.37. The number of carbonyl (C=O) groups is 1. The number of nitrogens with zero attached hydrogens (tertiary/aromatic N) is 2. The van der Waals surface area contributed by atoms with Crippen molar-refractivity contribution in [3.63, 3.8) is 0 Å². The minimum absolute atomic E-state index is 0.203. The highest BCUT2D eigenvalue weighted by atomic mass is 16.5. The van der Waals surface area contributed by atoms with Crippen LogP contribution in [0.1, 0.15) is 32.3 Å². The first-order valence-electron chi connectivity index (χ1n) is 6.64. The molecule has 0 aromatic carbocycles. The zero-order valence-electron chi connectivity index (χ0n) is 11.8. The van der Waals surface area contributed by atoms with Crippen LogP contribution in [-0.4, -0.2) is 35.6 Å². The van der Waals surface area contributed by atoms with E-state index in [-0.39, 0.29) is 5.97 Å². The Morgan fingerprint density at radius 3 is 2.42 bits per heavy atom. The first kappa shape index (κ1) is 15.2. The molecular weight excluding hydrogens is 244 g/mol. The zero-order chi connectivity index (χ0) is 14.1. The zero-order valence-corrected chi connectivity index (χ0v) is 11.8. The summed E-state index contributed by atoms with van der Waals surface area (Å²) < 4.78 is 4.86. The van der Waals surface area contributed by atoms with Crippen LogP contribution in [0.4, 0.5) is 11.6 Å². The number of hydrogen-bond donors (Lipinski definition) is 2. The van der Waals surface area contributed by atoms with Crippen molar-refractivity contribution in [1.29, 1.82) is 0 Å². The van der Waals surface area contributed by atoms with E-state index in [0.717, 1.165) is 30.2 Å². The van der Waals surface area contributed by atoms with E-state index in [4.69, 9.17) is 4.74 Å². The standard InChI is InChI=1S/C13H22N4O2/c1-4-7-14-12-10(3)13(17-9-16-12)15-8-6-11(18)19-5-2/h9H,4-8H2,1-3H3,(H2,14,15,16,17). The molecule has 19 heavy (non-hydrogen) atoms. The molecule has 0 spiro atoms. The normalized spacial score (nSPS) is 10.1. The van der Waals surface area contributed by atoms with Crippen molar-refractivity contribution >= 4 is 17.6 Å². The van der Waals surface area contributed by atoms with Gasteiger partial charge in [-0.3, -0.25) is 4.79 Å². The van der Waals surface area contributed by atoms with E-state index in [9.17, 15) is 4.79 Å². The molecule has 0 aliphatic heterocycles. The highest BCUT2D eigenvalue weighted by Crippen LogP contribution is 2.17. The van der Waals surface area contributed by atoms with Crippen LogP contribution in [0, 0.1) is 6.92 Å². The quantitative estimate of drug-likeness (QED) is 0.701. The maximum atomic E-state index is 11.2. The van der Waals surface area contributed by atoms with Gasteiger partial charge in [-0.15, -0.1) is 0 Å². The molecule has 0 bridgehead atoms. The van der Waals surface area contributed by atoms with Gasteiger partial charge >= 0.3 is 5.97 Å². The first-order valence-corrected chi connectivity index (χ1v) is 6.64. The van der Waals surface area contributed by atoms with Crippen molar-refractivity contribution in [1.82, 2.24) is 9.97 Å². The lowest BCUT2D eigenvalue weighted by Gasteiger charge is -2.12. The van der Waals surface area contributed by atoms with Crippen molar-refractivity contribution in [3.8, 4) is 0 Å². The molecule has 0 fully saturated rings. The molecule has 0 atom stereocenters. The second kappa shape index (κ2) is 8.29. The summed E-state index contributed by atoms with van der Waals surface area (Å²) >= 11 is 0. The fourth-order valence-electron chi connectivity index (χ4n) is 1.57. The van der Waals surface area contributed by atoms with Gasteiger partial charge in [0.25, 0.3) is 0 Å². The Morgan fingerprint density at radius 2 is 1.84 bits per heavy atom. The van der Waals surface area contributed by atoms with Crippen molar-refractivity contribution in [2.45, 2.75) is 33.6 Å². The molecular formula is C13H22N4O2. The largest absolute Gasteiger partial charge is 0.466 e. The molecule has 106 valence electrons. The van der Waals surface area contributed by atoms with Crippen LogP contribution in [0.25, 0.3) is 0 Å². The summed E-state index contributed by atoms with van der Waals surface area (Å²) in [5.41, 5.74) is 0.958. The lowest BCUT2D eigenvalue weighted by atomic mass is 10.3. The van der Waals surface area contributed by atoms with Gasteiger partial charge in [-0.2, -0.15) is 0 Å². The number of aromatic nitrogens is 2. The summed E-state index contributed by atoms with van der Waals surface area (Å²) in [7, 11) is 0. The van der Waals surface area contributed by atoms with E-state index < -0.39 is 0 Å². The van der Waals surface area contributed by atoms with Crippen molar-refractivity contribution < 1.29 is 9.53 Å². The Morgan fingerprint density at radius 1 is 1.21 bits per heavy atom. The number of carbonyl (C=O) groups excluding carboxylic acids is 1. The maximum Gasteiger partial charge on any atom is 0.307 e. The fraction of sp³-hybridized carbons (Fsp3) is 0.615. The molecule has 2 N–H and O–H groups in total. The van der Waals surface area contributed by atoms with E-state index in [1.165, 1.54) is 6.33 Å². The molecule has 0 aliphatic carbocycles. The lowest BCUT2D eigenvalue weighted by Crippen LogP contribution is -2.13. The number of esters is 1. The highest BCUT2D eigenvalue weighted by Gasteiger charge is 2.07. The van der Waals surface area contributed by atoms with Crippen LogP contribution in [0.5, 0.6) is 0 Å². The van der Waals surface area contributed by atoms with E-state index in [2.05, 4.69) is 27.5 Å². The average molecular weight is 266 g/mol. The smallest absolute Gasteiger partial charge is 0.307 e. The van der Waals surface area contributed by atoms with Gasteiger partial charge < -0.3 is 15.4 Å². The topological polar surface area (TPSA) is 76.1 Å². The average Bonchev–Trinajstić information content (AvgIpc) is 2.40. The monoisotopic (exact) mass is 266 g/mol. The van der Waals surface area contributed by atoms with Crippen molar-refractivity contribution in [2.24, 2.45) is 0 Å². The van der Waals surface area contributed by atoms with Gasteiger partial charge in [0.05, 0.1) is 13.0 Å². The fourth-order valence-corrected chi connectivity index (χ4v) is 1.57. The molecule has 0 unspecified atom stereocenters. The Labute approximate surface area is 114 Å². The summed E-state index contributed by atoms with van der Waals surface area (Å²) in [6.45, 7) is 7.64. The van der Waals surface area contributed by atoms with Gasteiger partial charge in [-0.05, 0) is 20.3 Å². The molecule has 0 amide bonds.